The normalized spacial score (nSPS) is 11.6. The monoisotopic (exact) mass is 465 g/mol. The van der Waals surface area contributed by atoms with Gasteiger partial charge in [-0.2, -0.15) is 0 Å². The Morgan fingerprint density at radius 2 is 1.77 bits per heavy atom. The van der Waals surface area contributed by atoms with Crippen LogP contribution in [0.15, 0.2) is 42.5 Å². The predicted octanol–water partition coefficient (Wildman–Crippen LogP) is 4.40. The smallest absolute Gasteiger partial charge is 0.325 e. The lowest BCUT2D eigenvalue weighted by Gasteiger charge is -2.21. The second kappa shape index (κ2) is 10.8. The average Bonchev–Trinajstić information content (AvgIpc) is 2.66. The molecule has 0 saturated heterocycles. The number of sulfonamides is 1. The summed E-state index contributed by atoms with van der Waals surface area (Å²) in [6.07, 6.45) is 1.11. The average molecular weight is 466 g/mol. The molecule has 0 radical (unpaired) electrons. The van der Waals surface area contributed by atoms with Crippen molar-refractivity contribution in [3.63, 3.8) is 0 Å². The number of carbonyl (C=O) groups is 1. The molecule has 0 unspecified atom stereocenters. The van der Waals surface area contributed by atoms with E-state index in [1.54, 1.807) is 12.1 Å². The molecule has 170 valence electrons. The van der Waals surface area contributed by atoms with Crippen LogP contribution < -0.4 is 19.5 Å². The minimum absolute atomic E-state index is 0.0187. The molecule has 2 aromatic carbocycles. The fourth-order valence-electron chi connectivity index (χ4n) is 2.74. The van der Waals surface area contributed by atoms with Crippen molar-refractivity contribution in [1.82, 2.24) is 10.0 Å². The van der Waals surface area contributed by atoms with Crippen LogP contribution in [-0.4, -0.2) is 27.3 Å². The third-order valence-electron chi connectivity index (χ3n) is 4.33. The molecular weight excluding hydrogens is 434 g/mol. The second-order valence-electron chi connectivity index (χ2n) is 8.15. The van der Waals surface area contributed by atoms with Gasteiger partial charge in [0.05, 0.1) is 12.9 Å². The van der Waals surface area contributed by atoms with Crippen molar-refractivity contribution < 1.29 is 17.9 Å². The van der Waals surface area contributed by atoms with Gasteiger partial charge in [0.25, 0.3) is 0 Å². The highest BCUT2D eigenvalue weighted by Crippen LogP contribution is 2.28. The number of urea groups is 1. The molecule has 31 heavy (non-hydrogen) atoms. The molecule has 2 aromatic rings. The predicted molar refractivity (Wildman–Crippen MR) is 128 cm³/mol. The molecule has 0 atom stereocenters. The number of benzene rings is 2. The molecule has 0 aliphatic carbocycles. The number of rotatable bonds is 9. The van der Waals surface area contributed by atoms with Gasteiger partial charge < -0.3 is 10.1 Å². The number of ether oxygens (including phenoxy) is 1. The van der Waals surface area contributed by atoms with E-state index in [0.29, 0.717) is 24.6 Å². The number of amides is 2. The minimum atomic E-state index is -3.29. The summed E-state index contributed by atoms with van der Waals surface area (Å²) in [5.74, 6) is 1.34. The third-order valence-corrected chi connectivity index (χ3v) is 5.75. The summed E-state index contributed by atoms with van der Waals surface area (Å²) < 4.78 is 33.4. The van der Waals surface area contributed by atoms with Crippen LogP contribution in [0.3, 0.4) is 0 Å². The first-order chi connectivity index (χ1) is 14.5. The molecule has 2 rings (SSSR count). The van der Waals surface area contributed by atoms with E-state index in [-0.39, 0.29) is 11.4 Å². The Hall–Kier alpha value is -2.39. The largest absolute Gasteiger partial charge is 0.494 e. The van der Waals surface area contributed by atoms with E-state index in [4.69, 9.17) is 4.74 Å². The van der Waals surface area contributed by atoms with Gasteiger partial charge in [-0.25, -0.2) is 13.2 Å². The van der Waals surface area contributed by atoms with Crippen molar-refractivity contribution in [3.05, 3.63) is 59.2 Å². The molecule has 2 amide bonds. The topological polar surface area (TPSA) is 96.5 Å². The van der Waals surface area contributed by atoms with Gasteiger partial charge in [0.1, 0.15) is 5.75 Å². The summed E-state index contributed by atoms with van der Waals surface area (Å²) in [6.45, 7) is 9.30. The van der Waals surface area contributed by atoms with Gasteiger partial charge >= 0.3 is 6.03 Å². The molecule has 7 nitrogen and oxygen atoms in total. The SMILES string of the molecule is CCOc1cc(C(C)(C)C)ccc1CNC(=O)NSCc1ccc(NS(C)(=O)=O)cc1. The number of nitrogens with one attached hydrogen (secondary N) is 3. The Morgan fingerprint density at radius 1 is 1.10 bits per heavy atom. The highest BCUT2D eigenvalue weighted by Gasteiger charge is 2.16. The van der Waals surface area contributed by atoms with Gasteiger partial charge in [0.15, 0.2) is 0 Å². The highest BCUT2D eigenvalue weighted by molar-refractivity contribution is 7.97. The van der Waals surface area contributed by atoms with Crippen LogP contribution >= 0.6 is 11.9 Å². The molecular formula is C22H31N3O4S2. The molecule has 0 fully saturated rings. The Labute approximate surface area is 189 Å². The van der Waals surface area contributed by atoms with Crippen LogP contribution in [0.4, 0.5) is 10.5 Å². The fourth-order valence-corrected chi connectivity index (χ4v) is 3.94. The molecule has 0 saturated carbocycles. The Bertz CT molecular complexity index is 985. The van der Waals surface area contributed by atoms with Gasteiger partial charge in [-0.1, -0.05) is 45.0 Å². The molecule has 3 N–H and O–H groups in total. The molecule has 0 spiro atoms. The minimum Gasteiger partial charge on any atom is -0.494 e. The van der Waals surface area contributed by atoms with Gasteiger partial charge in [-0.05, 0) is 53.6 Å². The number of anilines is 1. The van der Waals surface area contributed by atoms with Crippen molar-refractivity contribution in [2.24, 2.45) is 0 Å². The lowest BCUT2D eigenvalue weighted by molar-refractivity contribution is 0.246. The number of hydrogen-bond acceptors (Lipinski definition) is 5. The number of carbonyl (C=O) groups excluding carboxylic acids is 1. The zero-order valence-electron chi connectivity index (χ0n) is 18.6. The van der Waals surface area contributed by atoms with E-state index in [1.807, 2.05) is 31.2 Å². The van der Waals surface area contributed by atoms with Crippen molar-refractivity contribution >= 4 is 33.7 Å². The van der Waals surface area contributed by atoms with Crippen LogP contribution in [0, 0.1) is 0 Å². The maximum Gasteiger partial charge on any atom is 0.325 e. The van der Waals surface area contributed by atoms with Gasteiger partial charge in [-0.15, -0.1) is 0 Å². The highest BCUT2D eigenvalue weighted by atomic mass is 32.2. The van der Waals surface area contributed by atoms with E-state index < -0.39 is 10.0 Å². The van der Waals surface area contributed by atoms with Crippen molar-refractivity contribution in [2.45, 2.75) is 45.4 Å². The Balaban J connectivity index is 1.84. The molecule has 0 bridgehead atoms. The van der Waals surface area contributed by atoms with Crippen LogP contribution in [0.5, 0.6) is 5.75 Å². The van der Waals surface area contributed by atoms with Crippen LogP contribution in [0.1, 0.15) is 44.4 Å². The first-order valence-corrected chi connectivity index (χ1v) is 12.8. The van der Waals surface area contributed by atoms with Gasteiger partial charge in [0, 0.05) is 23.5 Å². The summed E-state index contributed by atoms with van der Waals surface area (Å²) in [4.78, 5) is 12.2. The van der Waals surface area contributed by atoms with Crippen LogP contribution in [-0.2, 0) is 27.7 Å². The molecule has 0 heterocycles. The maximum absolute atomic E-state index is 12.2. The maximum atomic E-state index is 12.2. The van der Waals surface area contributed by atoms with Crippen molar-refractivity contribution in [2.75, 3.05) is 17.6 Å². The zero-order chi connectivity index (χ0) is 23.1. The first kappa shape index (κ1) is 24.9. The third kappa shape index (κ3) is 8.70. The summed E-state index contributed by atoms with van der Waals surface area (Å²) in [6, 6.07) is 12.8. The van der Waals surface area contributed by atoms with Crippen molar-refractivity contribution in [1.29, 1.82) is 0 Å². The molecule has 0 aliphatic rings. The molecule has 0 aromatic heterocycles. The van der Waals surface area contributed by atoms with Crippen LogP contribution in [0.25, 0.3) is 0 Å². The van der Waals surface area contributed by atoms with E-state index >= 15 is 0 Å². The van der Waals surface area contributed by atoms with E-state index in [9.17, 15) is 13.2 Å². The lowest BCUT2D eigenvalue weighted by atomic mass is 9.86. The zero-order valence-corrected chi connectivity index (χ0v) is 20.2. The van der Waals surface area contributed by atoms with E-state index in [1.165, 1.54) is 17.5 Å². The molecule has 0 aliphatic heterocycles. The van der Waals surface area contributed by atoms with E-state index in [2.05, 4.69) is 41.6 Å². The lowest BCUT2D eigenvalue weighted by Crippen LogP contribution is -2.31. The van der Waals surface area contributed by atoms with Crippen molar-refractivity contribution in [3.8, 4) is 5.75 Å². The summed E-state index contributed by atoms with van der Waals surface area (Å²) >= 11 is 1.26. The van der Waals surface area contributed by atoms with E-state index in [0.717, 1.165) is 23.1 Å². The quantitative estimate of drug-likeness (QED) is 0.477. The summed E-state index contributed by atoms with van der Waals surface area (Å²) in [5.41, 5.74) is 3.58. The van der Waals surface area contributed by atoms with Gasteiger partial charge in [-0.3, -0.25) is 9.44 Å². The summed E-state index contributed by atoms with van der Waals surface area (Å²) in [5, 5.41) is 2.85. The first-order valence-electron chi connectivity index (χ1n) is 9.96. The van der Waals surface area contributed by atoms with Crippen LogP contribution in [0.2, 0.25) is 0 Å². The molecule has 9 heteroatoms. The second-order valence-corrected chi connectivity index (χ2v) is 10.7. The van der Waals surface area contributed by atoms with Gasteiger partial charge in [0.2, 0.25) is 10.0 Å². The Kier molecular flexibility index (Phi) is 8.64. The fraction of sp³-hybridized carbons (Fsp3) is 0.409. The number of hydrogen-bond donors (Lipinski definition) is 3. The Morgan fingerprint density at radius 3 is 2.35 bits per heavy atom. The summed E-state index contributed by atoms with van der Waals surface area (Å²) in [7, 11) is -3.29. The standard InChI is InChI=1S/C22H31N3O4S2/c1-6-29-20-13-18(22(2,3)4)10-9-17(20)14-23-21(26)24-30-15-16-7-11-19(12-8-16)25-31(5,27)28/h7-13,25H,6,14-15H2,1-5H3,(H2,23,24,26).